The van der Waals surface area contributed by atoms with Crippen LogP contribution in [0.3, 0.4) is 0 Å². The van der Waals surface area contributed by atoms with Gasteiger partial charge in [-0.1, -0.05) is 19.8 Å². The number of likely N-dealkylation sites (tertiary alicyclic amines) is 1. The predicted molar refractivity (Wildman–Crippen MR) is 89.4 cm³/mol. The third-order valence-corrected chi connectivity index (χ3v) is 4.32. The molecule has 0 saturated carbocycles. The molecule has 1 aliphatic rings. The number of hydrogen-bond donors (Lipinski definition) is 0. The van der Waals surface area contributed by atoms with Crippen LogP contribution in [0.15, 0.2) is 0 Å². The van der Waals surface area contributed by atoms with Crippen molar-refractivity contribution in [1.82, 2.24) is 4.90 Å². The number of carbonyl (C=O) groups is 1. The molecule has 1 heterocycles. The summed E-state index contributed by atoms with van der Waals surface area (Å²) >= 11 is 0. The smallest absolute Gasteiger partial charge is 0.270 e. The van der Waals surface area contributed by atoms with Crippen molar-refractivity contribution in [1.29, 1.82) is 0 Å². The van der Waals surface area contributed by atoms with Gasteiger partial charge in [-0.25, -0.2) is 0 Å². The maximum absolute atomic E-state index is 12.5. The van der Waals surface area contributed by atoms with Crippen molar-refractivity contribution in [2.75, 3.05) is 33.9 Å². The normalized spacial score (nSPS) is 23.1. The van der Waals surface area contributed by atoms with Gasteiger partial charge in [0.2, 0.25) is 0 Å². The Bertz CT molecular complexity index is 425. The van der Waals surface area contributed by atoms with Crippen LogP contribution in [0, 0.1) is 37.0 Å². The molecule has 0 aromatic rings. The zero-order chi connectivity index (χ0) is 17.6. The molecule has 3 atom stereocenters. The molecule has 0 aromatic heterocycles. The molecular weight excluding hydrogens is 294 g/mol. The number of carbonyl (C=O) groups excluding carboxylic acids is 1. The summed E-state index contributed by atoms with van der Waals surface area (Å²) in [4.78, 5) is 14.3. The molecular formula is C18H30NO4+. The van der Waals surface area contributed by atoms with E-state index in [2.05, 4.69) is 26.7 Å². The first-order valence-electron chi connectivity index (χ1n) is 8.06. The van der Waals surface area contributed by atoms with E-state index in [1.54, 1.807) is 26.0 Å². The van der Waals surface area contributed by atoms with Gasteiger partial charge in [0.15, 0.2) is 11.7 Å². The molecule has 1 rings (SSSR count). The van der Waals surface area contributed by atoms with E-state index < -0.39 is 5.79 Å². The second-order valence-corrected chi connectivity index (χ2v) is 6.73. The van der Waals surface area contributed by atoms with E-state index in [9.17, 15) is 4.79 Å². The van der Waals surface area contributed by atoms with Crippen molar-refractivity contribution in [3.05, 3.63) is 6.92 Å². The highest BCUT2D eigenvalue weighted by Crippen LogP contribution is 2.24. The van der Waals surface area contributed by atoms with E-state index in [0.29, 0.717) is 19.0 Å². The van der Waals surface area contributed by atoms with Crippen molar-refractivity contribution in [2.45, 2.75) is 39.1 Å². The van der Waals surface area contributed by atoms with Gasteiger partial charge in [0.05, 0.1) is 18.9 Å². The summed E-state index contributed by atoms with van der Waals surface area (Å²) in [5.41, 5.74) is 0. The van der Waals surface area contributed by atoms with Crippen LogP contribution in [0.25, 0.3) is 0 Å². The first kappa shape index (κ1) is 19.8. The van der Waals surface area contributed by atoms with Gasteiger partial charge in [-0.05, 0) is 12.8 Å². The molecule has 0 spiro atoms. The average molecular weight is 324 g/mol. The lowest BCUT2D eigenvalue weighted by molar-refractivity contribution is -0.230. The van der Waals surface area contributed by atoms with E-state index in [1.165, 1.54) is 0 Å². The fourth-order valence-electron chi connectivity index (χ4n) is 2.67. The molecule has 1 fully saturated rings. The van der Waals surface area contributed by atoms with Gasteiger partial charge >= 0.3 is 0 Å². The molecule has 0 aromatic carbocycles. The van der Waals surface area contributed by atoms with Crippen LogP contribution < -0.4 is 0 Å². The molecule has 5 nitrogen and oxygen atoms in total. The topological polar surface area (TPSA) is 48.0 Å². The van der Waals surface area contributed by atoms with Crippen LogP contribution in [0.2, 0.25) is 0 Å². The Morgan fingerprint density at radius 1 is 1.39 bits per heavy atom. The lowest BCUT2D eigenvalue weighted by Crippen LogP contribution is -2.39. The number of ether oxygens (including phenoxy) is 3. The van der Waals surface area contributed by atoms with Crippen LogP contribution >= 0.6 is 0 Å². The Labute approximate surface area is 140 Å². The van der Waals surface area contributed by atoms with Crippen LogP contribution in [0.5, 0.6) is 0 Å². The highest BCUT2D eigenvalue weighted by molar-refractivity contribution is 5.79. The number of nitrogens with zero attached hydrogens (tertiary/aromatic N) is 1. The molecule has 0 aliphatic carbocycles. The van der Waals surface area contributed by atoms with Gasteiger partial charge in [0, 0.05) is 33.7 Å². The monoisotopic (exact) mass is 324 g/mol. The number of hydrogen-bond acceptors (Lipinski definition) is 4. The highest BCUT2D eigenvalue weighted by Gasteiger charge is 2.39. The van der Waals surface area contributed by atoms with Crippen LogP contribution in [-0.2, 0) is 19.0 Å². The van der Waals surface area contributed by atoms with Crippen molar-refractivity contribution in [3.63, 3.8) is 0 Å². The summed E-state index contributed by atoms with van der Waals surface area (Å²) in [5, 5.41) is 0. The molecule has 3 unspecified atom stereocenters. The van der Waals surface area contributed by atoms with Gasteiger partial charge in [-0.3, -0.25) is 4.79 Å². The minimum Gasteiger partial charge on any atom is -0.369 e. The van der Waals surface area contributed by atoms with E-state index >= 15 is 0 Å². The van der Waals surface area contributed by atoms with Gasteiger partial charge in [0.1, 0.15) is 6.61 Å². The summed E-state index contributed by atoms with van der Waals surface area (Å²) in [6.07, 6.45) is 6.16. The van der Waals surface area contributed by atoms with Gasteiger partial charge in [0.25, 0.3) is 5.91 Å². The fraction of sp³-hybridized carbons (Fsp3) is 0.778. The number of terminal acetylenes is 1. The molecule has 1 amide bonds. The standard InChI is InChI=1S/C18H30NO4/c1-8-15-10-19(17(20)14(4)9-13(2)3)11-16(15)23-12-18(5,21-6)22-7/h1,13-16H,4,9-12H2,2-3,5-7H3/q+1. The van der Waals surface area contributed by atoms with Gasteiger partial charge in [-0.2, -0.15) is 0 Å². The van der Waals surface area contributed by atoms with Gasteiger partial charge in [-0.15, -0.1) is 6.42 Å². The zero-order valence-electron chi connectivity index (χ0n) is 15.0. The van der Waals surface area contributed by atoms with Crippen molar-refractivity contribution < 1.29 is 19.0 Å². The second-order valence-electron chi connectivity index (χ2n) is 6.73. The Hall–Kier alpha value is -1.22. The molecule has 0 radical (unpaired) electrons. The lowest BCUT2D eigenvalue weighted by Gasteiger charge is -2.28. The molecule has 23 heavy (non-hydrogen) atoms. The van der Waals surface area contributed by atoms with Gasteiger partial charge < -0.3 is 19.1 Å². The maximum atomic E-state index is 12.5. The Morgan fingerprint density at radius 2 is 2.00 bits per heavy atom. The van der Waals surface area contributed by atoms with E-state index in [4.69, 9.17) is 20.6 Å². The number of rotatable bonds is 8. The summed E-state index contributed by atoms with van der Waals surface area (Å²) in [7, 11) is 3.13. The first-order chi connectivity index (χ1) is 10.8. The molecule has 1 saturated heterocycles. The fourth-order valence-corrected chi connectivity index (χ4v) is 2.67. The summed E-state index contributed by atoms with van der Waals surface area (Å²) in [6.45, 7) is 11.2. The Balaban J connectivity index is 2.63. The average Bonchev–Trinajstić information content (AvgIpc) is 2.94. The second kappa shape index (κ2) is 8.58. The first-order valence-corrected chi connectivity index (χ1v) is 8.06. The Kier molecular flexibility index (Phi) is 7.40. The summed E-state index contributed by atoms with van der Waals surface area (Å²) < 4.78 is 16.5. The zero-order valence-corrected chi connectivity index (χ0v) is 15.0. The van der Waals surface area contributed by atoms with Crippen LogP contribution in [-0.4, -0.2) is 56.6 Å². The summed E-state index contributed by atoms with van der Waals surface area (Å²) in [5.74, 6) is 2.03. The highest BCUT2D eigenvalue weighted by atomic mass is 16.7. The lowest BCUT2D eigenvalue weighted by atomic mass is 9.98. The largest absolute Gasteiger partial charge is 0.369 e. The van der Waals surface area contributed by atoms with Crippen molar-refractivity contribution in [3.8, 4) is 12.3 Å². The van der Waals surface area contributed by atoms with E-state index in [0.717, 1.165) is 6.42 Å². The molecule has 130 valence electrons. The predicted octanol–water partition coefficient (Wildman–Crippen LogP) is 1.97. The third kappa shape index (κ3) is 5.42. The van der Waals surface area contributed by atoms with Crippen molar-refractivity contribution in [2.24, 2.45) is 17.8 Å². The van der Waals surface area contributed by atoms with E-state index in [-0.39, 0.29) is 30.5 Å². The maximum Gasteiger partial charge on any atom is 0.270 e. The summed E-state index contributed by atoms with van der Waals surface area (Å²) in [6, 6.07) is 0. The molecule has 1 aliphatic heterocycles. The van der Waals surface area contributed by atoms with E-state index in [1.807, 2.05) is 0 Å². The van der Waals surface area contributed by atoms with Crippen LogP contribution in [0.1, 0.15) is 27.2 Å². The number of methoxy groups -OCH3 is 2. The minimum atomic E-state index is -0.816. The quantitative estimate of drug-likeness (QED) is 0.389. The SMILES string of the molecule is C#CC1CN(C(=O)C([CH2+])CC(C)C)CC1OCC(C)(OC)OC. The molecule has 5 heteroatoms. The van der Waals surface area contributed by atoms with Crippen molar-refractivity contribution >= 4 is 5.91 Å². The van der Waals surface area contributed by atoms with Crippen LogP contribution in [0.4, 0.5) is 0 Å². The molecule has 0 N–H and O–H groups in total. The molecule has 0 bridgehead atoms. The Morgan fingerprint density at radius 3 is 2.48 bits per heavy atom. The third-order valence-electron chi connectivity index (χ3n) is 4.32. The number of amides is 1. The minimum absolute atomic E-state index is 0.0475.